The van der Waals surface area contributed by atoms with Gasteiger partial charge in [0.1, 0.15) is 5.75 Å². The maximum Gasteiger partial charge on any atom is 0.325 e. The number of aromatic nitrogens is 2. The van der Waals surface area contributed by atoms with Crippen LogP contribution in [0.25, 0.3) is 0 Å². The lowest BCUT2D eigenvalue weighted by atomic mass is 10.2. The Morgan fingerprint density at radius 2 is 2.10 bits per heavy atom. The Bertz CT molecular complexity index is 961. The quantitative estimate of drug-likeness (QED) is 0.406. The molecule has 0 saturated heterocycles. The first kappa shape index (κ1) is 22.1. The fraction of sp³-hybridized carbons (Fsp3) is 0.318. The number of anilines is 2. The number of hydrogen-bond acceptors (Lipinski definition) is 6. The fourth-order valence-corrected chi connectivity index (χ4v) is 4.35. The minimum atomic E-state index is -0.334. The van der Waals surface area contributed by atoms with Crippen molar-refractivity contribution in [2.75, 3.05) is 23.0 Å². The highest BCUT2D eigenvalue weighted by Crippen LogP contribution is 2.27. The predicted octanol–water partition coefficient (Wildman–Crippen LogP) is 5.86. The second-order valence-electron chi connectivity index (χ2n) is 7.20. The third-order valence-electron chi connectivity index (χ3n) is 3.98. The van der Waals surface area contributed by atoms with E-state index < -0.39 is 0 Å². The largest absolute Gasteiger partial charge is 0.491 e. The summed E-state index contributed by atoms with van der Waals surface area (Å²) in [6.45, 7) is 6.76. The van der Waals surface area contributed by atoms with Gasteiger partial charge in [-0.2, -0.15) is 0 Å². The van der Waals surface area contributed by atoms with E-state index in [0.29, 0.717) is 29.1 Å². The normalized spacial score (nSPS) is 10.8. The van der Waals surface area contributed by atoms with Gasteiger partial charge in [0.2, 0.25) is 0 Å². The Labute approximate surface area is 185 Å². The molecule has 0 atom stereocenters. The van der Waals surface area contributed by atoms with Crippen LogP contribution in [-0.2, 0) is 6.42 Å². The van der Waals surface area contributed by atoms with Crippen molar-refractivity contribution in [3.63, 3.8) is 0 Å². The van der Waals surface area contributed by atoms with Crippen molar-refractivity contribution in [3.8, 4) is 5.75 Å². The van der Waals surface area contributed by atoms with Crippen LogP contribution in [0.3, 0.4) is 0 Å². The van der Waals surface area contributed by atoms with E-state index in [2.05, 4.69) is 34.4 Å². The topological polar surface area (TPSA) is 76.1 Å². The first-order valence-corrected chi connectivity index (χ1v) is 11.6. The average Bonchev–Trinajstić information content (AvgIpc) is 3.16. The van der Waals surface area contributed by atoms with Crippen LogP contribution in [-0.4, -0.2) is 28.4 Å². The van der Waals surface area contributed by atoms with Gasteiger partial charge in [-0.3, -0.25) is 10.3 Å². The van der Waals surface area contributed by atoms with Crippen LogP contribution in [0.15, 0.2) is 53.8 Å². The third-order valence-corrected chi connectivity index (χ3v) is 5.94. The summed E-state index contributed by atoms with van der Waals surface area (Å²) in [5.41, 5.74) is 1.72. The fourth-order valence-electron chi connectivity index (χ4n) is 2.54. The summed E-state index contributed by atoms with van der Waals surface area (Å²) in [4.78, 5) is 23.1. The molecule has 0 aliphatic heterocycles. The van der Waals surface area contributed by atoms with Crippen LogP contribution < -0.4 is 15.4 Å². The number of amides is 2. The molecule has 2 N–H and O–H groups in total. The molecule has 30 heavy (non-hydrogen) atoms. The predicted molar refractivity (Wildman–Crippen MR) is 125 cm³/mol. The Hall–Kier alpha value is -2.58. The van der Waals surface area contributed by atoms with Crippen LogP contribution in [0.2, 0.25) is 0 Å². The SMILES string of the molecule is Cc1ccc(NC(=O)Nc2ncc(CCSc3cccnc3)s2)c(OCC(C)C)c1. The smallest absolute Gasteiger partial charge is 0.325 e. The standard InChI is InChI=1S/C22H26N4O2S2/c1-15(2)14-28-20-11-16(3)6-7-19(20)25-21(27)26-22-24-13-18(30-22)8-10-29-17-5-4-9-23-12-17/h4-7,9,11-13,15H,8,10,14H2,1-3H3,(H2,24,25,26,27). The molecular weight excluding hydrogens is 416 g/mol. The molecule has 2 aromatic heterocycles. The summed E-state index contributed by atoms with van der Waals surface area (Å²) >= 11 is 3.24. The first-order valence-electron chi connectivity index (χ1n) is 9.78. The number of pyridine rings is 1. The molecule has 2 amide bonds. The second kappa shape index (κ2) is 11.0. The lowest BCUT2D eigenvalue weighted by Gasteiger charge is -2.14. The lowest BCUT2D eigenvalue weighted by Crippen LogP contribution is -2.20. The molecule has 0 unspecified atom stereocenters. The van der Waals surface area contributed by atoms with Crippen molar-refractivity contribution < 1.29 is 9.53 Å². The Balaban J connectivity index is 1.52. The van der Waals surface area contributed by atoms with Gasteiger partial charge in [0, 0.05) is 34.1 Å². The third kappa shape index (κ3) is 7.03. The van der Waals surface area contributed by atoms with Crippen molar-refractivity contribution in [2.45, 2.75) is 32.1 Å². The molecule has 6 nitrogen and oxygen atoms in total. The van der Waals surface area contributed by atoms with E-state index in [1.165, 1.54) is 11.3 Å². The van der Waals surface area contributed by atoms with Crippen LogP contribution in [0, 0.1) is 12.8 Å². The van der Waals surface area contributed by atoms with Gasteiger partial charge in [0.25, 0.3) is 0 Å². The highest BCUT2D eigenvalue weighted by atomic mass is 32.2. The Morgan fingerprint density at radius 1 is 1.23 bits per heavy atom. The number of benzene rings is 1. The number of carbonyl (C=O) groups is 1. The zero-order chi connectivity index (χ0) is 21.3. The van der Waals surface area contributed by atoms with Crippen molar-refractivity contribution in [3.05, 3.63) is 59.4 Å². The number of urea groups is 1. The number of ether oxygens (including phenoxy) is 1. The first-order chi connectivity index (χ1) is 14.5. The monoisotopic (exact) mass is 442 g/mol. The van der Waals surface area contributed by atoms with Gasteiger partial charge in [-0.05, 0) is 49.1 Å². The number of thioether (sulfide) groups is 1. The van der Waals surface area contributed by atoms with E-state index in [-0.39, 0.29) is 6.03 Å². The molecule has 2 heterocycles. The van der Waals surface area contributed by atoms with Crippen LogP contribution in [0.4, 0.5) is 15.6 Å². The van der Waals surface area contributed by atoms with Crippen LogP contribution in [0.1, 0.15) is 24.3 Å². The number of aryl methyl sites for hydroxylation is 2. The van der Waals surface area contributed by atoms with Crippen LogP contribution >= 0.6 is 23.1 Å². The van der Waals surface area contributed by atoms with E-state index >= 15 is 0 Å². The molecule has 3 aromatic rings. The summed E-state index contributed by atoms with van der Waals surface area (Å²) in [6, 6.07) is 9.38. The summed E-state index contributed by atoms with van der Waals surface area (Å²) in [5.74, 6) is 2.00. The summed E-state index contributed by atoms with van der Waals surface area (Å²) in [7, 11) is 0. The van der Waals surface area contributed by atoms with E-state index in [9.17, 15) is 4.79 Å². The molecule has 0 bridgehead atoms. The van der Waals surface area contributed by atoms with Crippen molar-refractivity contribution >= 4 is 39.9 Å². The highest BCUT2D eigenvalue weighted by Gasteiger charge is 2.11. The second-order valence-corrected chi connectivity index (χ2v) is 9.49. The maximum absolute atomic E-state index is 12.4. The average molecular weight is 443 g/mol. The molecule has 0 spiro atoms. The highest BCUT2D eigenvalue weighted by molar-refractivity contribution is 7.99. The summed E-state index contributed by atoms with van der Waals surface area (Å²) < 4.78 is 5.85. The number of thiazole rings is 1. The zero-order valence-corrected chi connectivity index (χ0v) is 19.0. The van der Waals surface area contributed by atoms with Gasteiger partial charge >= 0.3 is 6.03 Å². The molecule has 0 aliphatic carbocycles. The molecule has 0 saturated carbocycles. The number of nitrogens with one attached hydrogen (secondary N) is 2. The number of rotatable bonds is 9. The summed E-state index contributed by atoms with van der Waals surface area (Å²) in [5, 5.41) is 6.25. The van der Waals surface area contributed by atoms with Gasteiger partial charge in [-0.1, -0.05) is 19.9 Å². The van der Waals surface area contributed by atoms with Crippen molar-refractivity contribution in [1.29, 1.82) is 0 Å². The Morgan fingerprint density at radius 3 is 2.87 bits per heavy atom. The van der Waals surface area contributed by atoms with E-state index in [1.807, 2.05) is 49.6 Å². The number of hydrogen-bond donors (Lipinski definition) is 2. The van der Waals surface area contributed by atoms with Crippen molar-refractivity contribution in [1.82, 2.24) is 9.97 Å². The Kier molecular flexibility index (Phi) is 8.10. The molecule has 8 heteroatoms. The van der Waals surface area contributed by atoms with E-state index in [1.54, 1.807) is 18.0 Å². The summed E-state index contributed by atoms with van der Waals surface area (Å²) in [6.07, 6.45) is 6.32. The molecule has 158 valence electrons. The molecule has 0 fully saturated rings. The van der Waals surface area contributed by atoms with Gasteiger partial charge in [-0.25, -0.2) is 9.78 Å². The van der Waals surface area contributed by atoms with E-state index in [0.717, 1.165) is 27.5 Å². The van der Waals surface area contributed by atoms with Crippen LogP contribution in [0.5, 0.6) is 5.75 Å². The molecule has 3 rings (SSSR count). The lowest BCUT2D eigenvalue weighted by molar-refractivity contribution is 0.260. The number of carbonyl (C=O) groups excluding carboxylic acids is 1. The maximum atomic E-state index is 12.4. The minimum absolute atomic E-state index is 0.334. The zero-order valence-electron chi connectivity index (χ0n) is 17.3. The molecule has 0 radical (unpaired) electrons. The van der Waals surface area contributed by atoms with Gasteiger partial charge in [0.15, 0.2) is 5.13 Å². The van der Waals surface area contributed by atoms with Gasteiger partial charge in [0.05, 0.1) is 12.3 Å². The minimum Gasteiger partial charge on any atom is -0.491 e. The van der Waals surface area contributed by atoms with Gasteiger partial charge < -0.3 is 10.1 Å². The molecular formula is C22H26N4O2S2. The van der Waals surface area contributed by atoms with Crippen molar-refractivity contribution in [2.24, 2.45) is 5.92 Å². The van der Waals surface area contributed by atoms with Gasteiger partial charge in [-0.15, -0.1) is 23.1 Å². The van der Waals surface area contributed by atoms with E-state index in [4.69, 9.17) is 4.74 Å². The molecule has 1 aromatic carbocycles. The number of nitrogens with zero attached hydrogens (tertiary/aromatic N) is 2. The molecule has 0 aliphatic rings.